The zero-order valence-corrected chi connectivity index (χ0v) is 14.9. The molecule has 3 aliphatic rings. The van der Waals surface area contributed by atoms with Crippen LogP contribution < -0.4 is 0 Å². The highest BCUT2D eigenvalue weighted by atomic mass is 16.6. The Morgan fingerprint density at radius 2 is 2.00 bits per heavy atom. The third kappa shape index (κ3) is 3.50. The van der Waals surface area contributed by atoms with Gasteiger partial charge in [0.2, 0.25) is 0 Å². The van der Waals surface area contributed by atoms with Crippen molar-refractivity contribution >= 4 is 5.97 Å². The van der Waals surface area contributed by atoms with Crippen molar-refractivity contribution in [1.82, 2.24) is 0 Å². The number of likely N-dealkylation sites (tertiary alicyclic amines) is 1. The van der Waals surface area contributed by atoms with E-state index in [9.17, 15) is 9.90 Å². The summed E-state index contributed by atoms with van der Waals surface area (Å²) in [5.74, 6) is -0.484. The van der Waals surface area contributed by atoms with E-state index in [0.29, 0.717) is 5.57 Å². The predicted octanol–water partition coefficient (Wildman–Crippen LogP) is 2.74. The average molecular weight is 332 g/mol. The van der Waals surface area contributed by atoms with E-state index in [1.54, 1.807) is 0 Å². The maximum absolute atomic E-state index is 13.1. The van der Waals surface area contributed by atoms with Gasteiger partial charge in [0, 0.05) is 12.3 Å². The van der Waals surface area contributed by atoms with Crippen LogP contribution in [0.5, 0.6) is 0 Å². The van der Waals surface area contributed by atoms with Gasteiger partial charge in [-0.2, -0.15) is 0 Å². The van der Waals surface area contributed by atoms with E-state index in [4.69, 9.17) is 4.74 Å². The Kier molecular flexibility index (Phi) is 4.97. The van der Waals surface area contributed by atoms with Gasteiger partial charge in [-0.15, -0.1) is 0 Å². The fourth-order valence-corrected chi connectivity index (χ4v) is 4.29. The Labute approximate surface area is 145 Å². The molecule has 1 unspecified atom stereocenters. The number of nitrogens with zero attached hydrogens (tertiary/aromatic N) is 1. The number of rotatable bonds is 4. The third-order valence-electron chi connectivity index (χ3n) is 5.72. The molecule has 0 aromatic rings. The first kappa shape index (κ1) is 17.4. The van der Waals surface area contributed by atoms with Crippen LogP contribution in [-0.4, -0.2) is 54.4 Å². The molecule has 0 spiro atoms. The zero-order chi connectivity index (χ0) is 17.2. The molecule has 1 aliphatic heterocycles. The van der Waals surface area contributed by atoms with Crippen LogP contribution in [0.15, 0.2) is 36.0 Å². The molecule has 1 N–H and O–H groups in total. The minimum absolute atomic E-state index is 0.0390. The van der Waals surface area contributed by atoms with Crippen molar-refractivity contribution in [3.05, 3.63) is 36.0 Å². The summed E-state index contributed by atoms with van der Waals surface area (Å²) in [7, 11) is 4.30. The monoisotopic (exact) mass is 332 g/mol. The number of likely N-dealkylation sites (N-methyl/N-ethyl adjacent to an activating group) is 1. The van der Waals surface area contributed by atoms with E-state index >= 15 is 0 Å². The first-order valence-electron chi connectivity index (χ1n) is 9.21. The molecular formula is C20H30NO3+. The Balaban J connectivity index is 1.81. The first-order valence-corrected chi connectivity index (χ1v) is 9.21. The molecule has 132 valence electrons. The fraction of sp³-hybridized carbons (Fsp3) is 0.650. The van der Waals surface area contributed by atoms with Gasteiger partial charge in [0.15, 0.2) is 11.7 Å². The van der Waals surface area contributed by atoms with Gasteiger partial charge in [-0.3, -0.25) is 0 Å². The molecule has 24 heavy (non-hydrogen) atoms. The van der Waals surface area contributed by atoms with E-state index in [2.05, 4.69) is 14.1 Å². The smallest absolute Gasteiger partial charge is 0.343 e. The standard InChI is InChI=1S/C20H30NO3/c1-21(2)14-13-18(15-21)24-19(22)20(23,17-11-7-8-12-17)16-9-5-3-4-6-10-16/h3-5,9-10,17-18,23H,6-8,11-15H2,1-2H3/q+1/t18?,20-/m0/s1. The number of hydrogen-bond acceptors (Lipinski definition) is 3. The molecule has 2 atom stereocenters. The summed E-state index contributed by atoms with van der Waals surface area (Å²) in [4.78, 5) is 13.1. The Hall–Kier alpha value is -1.39. The quantitative estimate of drug-likeness (QED) is 0.636. The maximum atomic E-state index is 13.1. The topological polar surface area (TPSA) is 46.5 Å². The number of carbonyl (C=O) groups is 1. The first-order chi connectivity index (χ1) is 11.4. The number of esters is 1. The minimum Gasteiger partial charge on any atom is -0.454 e. The summed E-state index contributed by atoms with van der Waals surface area (Å²) >= 11 is 0. The summed E-state index contributed by atoms with van der Waals surface area (Å²) in [5.41, 5.74) is -0.796. The summed E-state index contributed by atoms with van der Waals surface area (Å²) in [6, 6.07) is 0. The van der Waals surface area contributed by atoms with Gasteiger partial charge < -0.3 is 14.3 Å². The van der Waals surface area contributed by atoms with Crippen LogP contribution in [0.2, 0.25) is 0 Å². The van der Waals surface area contributed by atoms with Gasteiger partial charge in [-0.05, 0) is 24.8 Å². The normalized spacial score (nSPS) is 29.1. The van der Waals surface area contributed by atoms with Crippen LogP contribution in [-0.2, 0) is 9.53 Å². The number of aliphatic hydroxyl groups is 1. The fourth-order valence-electron chi connectivity index (χ4n) is 4.29. The lowest BCUT2D eigenvalue weighted by atomic mass is 9.79. The van der Waals surface area contributed by atoms with Crippen LogP contribution >= 0.6 is 0 Å². The maximum Gasteiger partial charge on any atom is 0.343 e. The Bertz CT molecular complexity index is 569. The lowest BCUT2D eigenvalue weighted by Crippen LogP contribution is -2.49. The number of ether oxygens (including phenoxy) is 1. The lowest BCUT2D eigenvalue weighted by Gasteiger charge is -2.34. The second kappa shape index (κ2) is 6.85. The van der Waals surface area contributed by atoms with Gasteiger partial charge in [-0.25, -0.2) is 4.79 Å². The highest BCUT2D eigenvalue weighted by molar-refractivity contribution is 5.85. The van der Waals surface area contributed by atoms with Crippen LogP contribution in [0.3, 0.4) is 0 Å². The SMILES string of the molecule is C[N+]1(C)CCC(OC(=O)[C@](O)(C2=CCC=CC=C2)C2CCCC2)C1. The molecule has 0 aromatic carbocycles. The van der Waals surface area contributed by atoms with Gasteiger partial charge in [0.1, 0.15) is 6.54 Å². The molecule has 1 saturated heterocycles. The molecule has 2 aliphatic carbocycles. The molecule has 4 nitrogen and oxygen atoms in total. The van der Waals surface area contributed by atoms with Crippen molar-refractivity contribution in [2.75, 3.05) is 27.2 Å². The van der Waals surface area contributed by atoms with E-state index in [1.165, 1.54) is 0 Å². The summed E-state index contributed by atoms with van der Waals surface area (Å²) < 4.78 is 6.69. The van der Waals surface area contributed by atoms with Crippen LogP contribution in [0.1, 0.15) is 38.5 Å². The van der Waals surface area contributed by atoms with Crippen molar-refractivity contribution in [2.45, 2.75) is 50.2 Å². The lowest BCUT2D eigenvalue weighted by molar-refractivity contribution is -0.879. The van der Waals surface area contributed by atoms with E-state index in [1.807, 2.05) is 30.4 Å². The number of carbonyl (C=O) groups excluding carboxylic acids is 1. The highest BCUT2D eigenvalue weighted by Crippen LogP contribution is 2.40. The van der Waals surface area contributed by atoms with Crippen LogP contribution in [0, 0.1) is 5.92 Å². The van der Waals surface area contributed by atoms with Gasteiger partial charge in [0.05, 0.1) is 20.6 Å². The highest BCUT2D eigenvalue weighted by Gasteiger charge is 2.50. The van der Waals surface area contributed by atoms with Crippen molar-refractivity contribution < 1.29 is 19.1 Å². The molecule has 4 heteroatoms. The van der Waals surface area contributed by atoms with Crippen molar-refractivity contribution in [1.29, 1.82) is 0 Å². The van der Waals surface area contributed by atoms with Crippen molar-refractivity contribution in [2.24, 2.45) is 5.92 Å². The van der Waals surface area contributed by atoms with Gasteiger partial charge in [-0.1, -0.05) is 43.2 Å². The number of quaternary nitrogens is 1. The average Bonchev–Trinajstić information content (AvgIpc) is 3.09. The third-order valence-corrected chi connectivity index (χ3v) is 5.72. The Morgan fingerprint density at radius 3 is 2.67 bits per heavy atom. The Morgan fingerprint density at radius 1 is 1.25 bits per heavy atom. The second-order valence-electron chi connectivity index (χ2n) is 8.09. The molecule has 0 bridgehead atoms. The molecule has 1 heterocycles. The van der Waals surface area contributed by atoms with E-state index < -0.39 is 11.6 Å². The minimum atomic E-state index is -1.50. The van der Waals surface area contributed by atoms with Gasteiger partial charge in [0.25, 0.3) is 0 Å². The number of hydrogen-bond donors (Lipinski definition) is 1. The second-order valence-corrected chi connectivity index (χ2v) is 8.09. The molecule has 3 rings (SSSR count). The van der Waals surface area contributed by atoms with Crippen molar-refractivity contribution in [3.63, 3.8) is 0 Å². The zero-order valence-electron chi connectivity index (χ0n) is 14.9. The molecule has 0 radical (unpaired) electrons. The summed E-state index contributed by atoms with van der Waals surface area (Å²) in [5, 5.41) is 11.5. The van der Waals surface area contributed by atoms with E-state index in [0.717, 1.165) is 56.1 Å². The predicted molar refractivity (Wildman–Crippen MR) is 94.2 cm³/mol. The summed E-state index contributed by atoms with van der Waals surface area (Å²) in [6.07, 6.45) is 15.2. The largest absolute Gasteiger partial charge is 0.454 e. The molecule has 2 fully saturated rings. The van der Waals surface area contributed by atoms with E-state index in [-0.39, 0.29) is 12.0 Å². The van der Waals surface area contributed by atoms with Crippen LogP contribution in [0.4, 0.5) is 0 Å². The molecule has 1 saturated carbocycles. The molecule has 0 amide bonds. The molecular weight excluding hydrogens is 302 g/mol. The summed E-state index contributed by atoms with van der Waals surface area (Å²) in [6.45, 7) is 1.83. The van der Waals surface area contributed by atoms with Gasteiger partial charge >= 0.3 is 5.97 Å². The van der Waals surface area contributed by atoms with Crippen molar-refractivity contribution in [3.8, 4) is 0 Å². The van der Waals surface area contributed by atoms with Crippen LogP contribution in [0.25, 0.3) is 0 Å². The number of allylic oxidation sites excluding steroid dienone is 4. The molecule has 0 aromatic heterocycles.